The van der Waals surface area contributed by atoms with E-state index in [-0.39, 0.29) is 0 Å². The number of para-hydroxylation sites is 2. The van der Waals surface area contributed by atoms with Gasteiger partial charge in [-0.25, -0.2) is 4.98 Å². The first-order valence-electron chi connectivity index (χ1n) is 6.90. The predicted molar refractivity (Wildman–Crippen MR) is 74.6 cm³/mol. The second-order valence-corrected chi connectivity index (χ2v) is 5.61. The Kier molecular flexibility index (Phi) is 3.08. The van der Waals surface area contributed by atoms with Crippen molar-refractivity contribution in [2.45, 2.75) is 38.8 Å². The Morgan fingerprint density at radius 1 is 1.33 bits per heavy atom. The summed E-state index contributed by atoms with van der Waals surface area (Å²) in [5.41, 5.74) is 2.39. The maximum Gasteiger partial charge on any atom is 0.0961 e. The van der Waals surface area contributed by atoms with Crippen LogP contribution in [-0.2, 0) is 0 Å². The quantitative estimate of drug-likeness (QED) is 0.894. The van der Waals surface area contributed by atoms with Crippen LogP contribution in [0.3, 0.4) is 0 Å². The van der Waals surface area contributed by atoms with Gasteiger partial charge in [0.15, 0.2) is 0 Å². The maximum atomic E-state index is 4.49. The topological polar surface area (TPSA) is 29.9 Å². The number of hydrogen-bond acceptors (Lipinski definition) is 2. The average Bonchev–Trinajstić information content (AvgIpc) is 2.72. The minimum absolute atomic E-state index is 0.575. The molecule has 1 aliphatic carbocycles. The molecule has 2 atom stereocenters. The SMILES string of the molecule is CC(C)NCC1CCC1n1cnc2ccccc21. The maximum absolute atomic E-state index is 4.49. The monoisotopic (exact) mass is 243 g/mol. The first kappa shape index (κ1) is 11.7. The number of nitrogens with zero attached hydrogens (tertiary/aromatic N) is 2. The number of benzene rings is 1. The molecule has 1 N–H and O–H groups in total. The molecule has 96 valence electrons. The fraction of sp³-hybridized carbons (Fsp3) is 0.533. The van der Waals surface area contributed by atoms with Crippen molar-refractivity contribution in [3.8, 4) is 0 Å². The highest BCUT2D eigenvalue weighted by Gasteiger charge is 2.32. The molecule has 1 aliphatic rings. The largest absolute Gasteiger partial charge is 0.327 e. The van der Waals surface area contributed by atoms with E-state index in [0.717, 1.165) is 18.0 Å². The molecule has 0 aliphatic heterocycles. The Hall–Kier alpha value is -1.35. The molecule has 3 heteroatoms. The molecule has 0 amide bonds. The number of imidazole rings is 1. The number of rotatable bonds is 4. The van der Waals surface area contributed by atoms with Crippen molar-refractivity contribution in [1.82, 2.24) is 14.9 Å². The van der Waals surface area contributed by atoms with Crippen LogP contribution in [0.4, 0.5) is 0 Å². The van der Waals surface area contributed by atoms with Crippen LogP contribution in [-0.4, -0.2) is 22.1 Å². The minimum atomic E-state index is 0.575. The summed E-state index contributed by atoms with van der Waals surface area (Å²) in [4.78, 5) is 4.49. The molecule has 3 rings (SSSR count). The summed E-state index contributed by atoms with van der Waals surface area (Å²) in [6, 6.07) is 9.62. The van der Waals surface area contributed by atoms with Gasteiger partial charge in [-0.05, 0) is 30.9 Å². The van der Waals surface area contributed by atoms with Crippen molar-refractivity contribution in [3.63, 3.8) is 0 Å². The molecule has 0 spiro atoms. The van der Waals surface area contributed by atoms with E-state index in [9.17, 15) is 0 Å². The van der Waals surface area contributed by atoms with Crippen LogP contribution in [0.2, 0.25) is 0 Å². The van der Waals surface area contributed by atoms with Crippen LogP contribution in [0.25, 0.3) is 11.0 Å². The third kappa shape index (κ3) is 2.03. The lowest BCUT2D eigenvalue weighted by Gasteiger charge is -2.38. The van der Waals surface area contributed by atoms with Crippen molar-refractivity contribution < 1.29 is 0 Å². The van der Waals surface area contributed by atoms with Crippen LogP contribution in [0.15, 0.2) is 30.6 Å². The molecule has 18 heavy (non-hydrogen) atoms. The van der Waals surface area contributed by atoms with E-state index in [0.29, 0.717) is 12.1 Å². The van der Waals surface area contributed by atoms with Crippen molar-refractivity contribution >= 4 is 11.0 Å². The fourth-order valence-corrected chi connectivity index (χ4v) is 2.79. The highest BCUT2D eigenvalue weighted by atomic mass is 15.1. The highest BCUT2D eigenvalue weighted by molar-refractivity contribution is 5.75. The zero-order valence-corrected chi connectivity index (χ0v) is 11.1. The lowest BCUT2D eigenvalue weighted by Crippen LogP contribution is -2.38. The van der Waals surface area contributed by atoms with Gasteiger partial charge in [0, 0.05) is 18.6 Å². The van der Waals surface area contributed by atoms with Crippen LogP contribution < -0.4 is 5.32 Å². The summed E-state index contributed by atoms with van der Waals surface area (Å²) >= 11 is 0. The zero-order chi connectivity index (χ0) is 12.5. The summed E-state index contributed by atoms with van der Waals surface area (Å²) in [5, 5.41) is 3.55. The Labute approximate surface area is 108 Å². The lowest BCUT2D eigenvalue weighted by atomic mass is 9.79. The van der Waals surface area contributed by atoms with Gasteiger partial charge in [0.25, 0.3) is 0 Å². The molecule has 1 fully saturated rings. The Morgan fingerprint density at radius 2 is 2.17 bits per heavy atom. The van der Waals surface area contributed by atoms with Crippen molar-refractivity contribution in [2.24, 2.45) is 5.92 Å². The van der Waals surface area contributed by atoms with Gasteiger partial charge in [0.05, 0.1) is 17.4 Å². The second-order valence-electron chi connectivity index (χ2n) is 5.61. The molecule has 1 aromatic heterocycles. The van der Waals surface area contributed by atoms with Gasteiger partial charge >= 0.3 is 0 Å². The van der Waals surface area contributed by atoms with E-state index in [2.05, 4.69) is 53.0 Å². The summed E-state index contributed by atoms with van der Waals surface area (Å²) in [6.45, 7) is 5.54. The number of hydrogen-bond donors (Lipinski definition) is 1. The van der Waals surface area contributed by atoms with Gasteiger partial charge in [0.2, 0.25) is 0 Å². The summed E-state index contributed by atoms with van der Waals surface area (Å²) in [5.74, 6) is 0.755. The van der Waals surface area contributed by atoms with E-state index in [1.165, 1.54) is 18.4 Å². The third-order valence-corrected chi connectivity index (χ3v) is 4.00. The van der Waals surface area contributed by atoms with E-state index in [1.54, 1.807) is 0 Å². The summed E-state index contributed by atoms with van der Waals surface area (Å²) in [7, 11) is 0. The Balaban J connectivity index is 1.78. The van der Waals surface area contributed by atoms with Gasteiger partial charge in [-0.2, -0.15) is 0 Å². The van der Waals surface area contributed by atoms with Crippen molar-refractivity contribution in [2.75, 3.05) is 6.54 Å². The molecule has 0 saturated heterocycles. The summed E-state index contributed by atoms with van der Waals surface area (Å²) < 4.78 is 2.37. The average molecular weight is 243 g/mol. The minimum Gasteiger partial charge on any atom is -0.327 e. The van der Waals surface area contributed by atoms with Gasteiger partial charge in [-0.3, -0.25) is 0 Å². The van der Waals surface area contributed by atoms with E-state index in [1.807, 2.05) is 6.33 Å². The van der Waals surface area contributed by atoms with E-state index < -0.39 is 0 Å². The molecule has 1 heterocycles. The molecule has 1 saturated carbocycles. The lowest BCUT2D eigenvalue weighted by molar-refractivity contribution is 0.178. The van der Waals surface area contributed by atoms with Crippen LogP contribution >= 0.6 is 0 Å². The summed E-state index contributed by atoms with van der Waals surface area (Å²) in [6.07, 6.45) is 4.62. The van der Waals surface area contributed by atoms with Crippen LogP contribution in [0.1, 0.15) is 32.7 Å². The molecule has 1 aromatic carbocycles. The van der Waals surface area contributed by atoms with E-state index in [4.69, 9.17) is 0 Å². The van der Waals surface area contributed by atoms with Gasteiger partial charge in [-0.1, -0.05) is 26.0 Å². The fourth-order valence-electron chi connectivity index (χ4n) is 2.79. The first-order chi connectivity index (χ1) is 8.75. The Morgan fingerprint density at radius 3 is 2.89 bits per heavy atom. The molecule has 2 unspecified atom stereocenters. The molecular formula is C15H21N3. The van der Waals surface area contributed by atoms with Gasteiger partial charge in [0.1, 0.15) is 0 Å². The van der Waals surface area contributed by atoms with Gasteiger partial charge in [-0.15, -0.1) is 0 Å². The smallest absolute Gasteiger partial charge is 0.0961 e. The first-order valence-corrected chi connectivity index (χ1v) is 6.90. The zero-order valence-electron chi connectivity index (χ0n) is 11.1. The number of fused-ring (bicyclic) bond motifs is 1. The number of nitrogens with one attached hydrogen (secondary N) is 1. The van der Waals surface area contributed by atoms with Crippen LogP contribution in [0.5, 0.6) is 0 Å². The molecule has 2 aromatic rings. The predicted octanol–water partition coefficient (Wildman–Crippen LogP) is 2.99. The molecule has 3 nitrogen and oxygen atoms in total. The molecule has 0 bridgehead atoms. The second kappa shape index (κ2) is 4.73. The normalized spacial score (nSPS) is 23.5. The molecular weight excluding hydrogens is 222 g/mol. The van der Waals surface area contributed by atoms with Crippen LogP contribution in [0, 0.1) is 5.92 Å². The van der Waals surface area contributed by atoms with E-state index >= 15 is 0 Å². The van der Waals surface area contributed by atoms with Crippen molar-refractivity contribution in [1.29, 1.82) is 0 Å². The third-order valence-electron chi connectivity index (χ3n) is 4.00. The Bertz CT molecular complexity index is 529. The highest BCUT2D eigenvalue weighted by Crippen LogP contribution is 2.39. The van der Waals surface area contributed by atoms with Crippen molar-refractivity contribution in [3.05, 3.63) is 30.6 Å². The van der Waals surface area contributed by atoms with Gasteiger partial charge < -0.3 is 9.88 Å². The standard InChI is InChI=1S/C15H21N3/c1-11(2)16-9-12-7-8-14(12)18-10-17-13-5-3-4-6-15(13)18/h3-6,10-12,14,16H,7-9H2,1-2H3. The molecule has 0 radical (unpaired) electrons. The number of aromatic nitrogens is 2.